The summed E-state index contributed by atoms with van der Waals surface area (Å²) in [5.41, 5.74) is 1.18. The Kier molecular flexibility index (Phi) is 7.53. The van der Waals surface area contributed by atoms with Crippen LogP contribution in [0, 0.1) is 0 Å². The first-order valence-corrected chi connectivity index (χ1v) is 10.6. The van der Waals surface area contributed by atoms with Crippen molar-refractivity contribution >= 4 is 17.4 Å². The molecule has 170 valence electrons. The molecule has 1 atom stereocenters. The molecule has 1 heterocycles. The van der Waals surface area contributed by atoms with Crippen molar-refractivity contribution in [2.45, 2.75) is 32.9 Å². The van der Waals surface area contributed by atoms with Crippen LogP contribution in [-0.2, 0) is 14.3 Å². The number of amides is 1. The minimum Gasteiger partial charge on any atom is -0.507 e. The molecule has 1 amide bonds. The summed E-state index contributed by atoms with van der Waals surface area (Å²) in [6.07, 6.45) is -0.00459. The molecule has 1 fully saturated rings. The molecule has 3 rings (SSSR count). The maximum atomic E-state index is 13.0. The number of benzene rings is 2. The zero-order valence-corrected chi connectivity index (χ0v) is 18.8. The summed E-state index contributed by atoms with van der Waals surface area (Å²) in [7, 11) is 1.55. The van der Waals surface area contributed by atoms with Gasteiger partial charge in [0.2, 0.25) is 0 Å². The van der Waals surface area contributed by atoms with Gasteiger partial charge in [-0.15, -0.1) is 0 Å². The van der Waals surface area contributed by atoms with Gasteiger partial charge in [0.05, 0.1) is 38.0 Å². The predicted molar refractivity (Wildman–Crippen MR) is 121 cm³/mol. The zero-order chi connectivity index (χ0) is 23.3. The van der Waals surface area contributed by atoms with Crippen LogP contribution >= 0.6 is 0 Å². The van der Waals surface area contributed by atoms with Crippen molar-refractivity contribution < 1.29 is 28.9 Å². The number of aliphatic hydroxyl groups is 1. The van der Waals surface area contributed by atoms with Gasteiger partial charge < -0.3 is 24.2 Å². The first-order valence-electron chi connectivity index (χ1n) is 10.6. The van der Waals surface area contributed by atoms with Gasteiger partial charge >= 0.3 is 0 Å². The lowest BCUT2D eigenvalue weighted by atomic mass is 9.95. The predicted octanol–water partition coefficient (Wildman–Crippen LogP) is 3.94. The second kappa shape index (κ2) is 10.3. The van der Waals surface area contributed by atoms with Crippen molar-refractivity contribution in [2.75, 3.05) is 26.9 Å². The third-order valence-corrected chi connectivity index (χ3v) is 5.19. The third-order valence-electron chi connectivity index (χ3n) is 5.19. The van der Waals surface area contributed by atoms with E-state index in [1.165, 1.54) is 4.90 Å². The molecular weight excluding hydrogens is 410 g/mol. The van der Waals surface area contributed by atoms with Gasteiger partial charge in [-0.25, -0.2) is 0 Å². The molecule has 0 aliphatic carbocycles. The quantitative estimate of drug-likeness (QED) is 0.362. The minimum absolute atomic E-state index is 0.00459. The number of methoxy groups -OCH3 is 1. The van der Waals surface area contributed by atoms with Gasteiger partial charge in [0.15, 0.2) is 0 Å². The van der Waals surface area contributed by atoms with Crippen molar-refractivity contribution in [3.05, 3.63) is 65.2 Å². The second-order valence-electron chi connectivity index (χ2n) is 7.64. The Balaban J connectivity index is 2.05. The smallest absolute Gasteiger partial charge is 0.295 e. The molecule has 7 nitrogen and oxygen atoms in total. The summed E-state index contributed by atoms with van der Waals surface area (Å²) < 4.78 is 16.3. The van der Waals surface area contributed by atoms with E-state index in [0.717, 1.165) is 0 Å². The maximum absolute atomic E-state index is 13.0. The van der Waals surface area contributed by atoms with E-state index in [4.69, 9.17) is 14.2 Å². The molecule has 0 aromatic heterocycles. The Hall–Kier alpha value is -3.32. The highest BCUT2D eigenvalue weighted by Gasteiger charge is 2.45. The molecule has 1 N–H and O–H groups in total. The van der Waals surface area contributed by atoms with Crippen molar-refractivity contribution in [1.29, 1.82) is 0 Å². The van der Waals surface area contributed by atoms with Gasteiger partial charge in [-0.2, -0.15) is 0 Å². The number of ketones is 1. The average molecular weight is 440 g/mol. The largest absolute Gasteiger partial charge is 0.507 e. The summed E-state index contributed by atoms with van der Waals surface area (Å²) in [6, 6.07) is 13.1. The first kappa shape index (κ1) is 23.3. The topological polar surface area (TPSA) is 85.3 Å². The van der Waals surface area contributed by atoms with E-state index in [9.17, 15) is 14.7 Å². The van der Waals surface area contributed by atoms with Crippen LogP contribution in [0.15, 0.2) is 54.1 Å². The molecule has 7 heteroatoms. The Morgan fingerprint density at radius 3 is 2.22 bits per heavy atom. The summed E-state index contributed by atoms with van der Waals surface area (Å²) in [5, 5.41) is 11.1. The molecule has 1 saturated heterocycles. The first-order chi connectivity index (χ1) is 15.4. The monoisotopic (exact) mass is 439 g/mol. The van der Waals surface area contributed by atoms with Gasteiger partial charge in [0.1, 0.15) is 17.3 Å². The van der Waals surface area contributed by atoms with Crippen LogP contribution < -0.4 is 9.47 Å². The van der Waals surface area contributed by atoms with Gasteiger partial charge in [-0.05, 0) is 62.7 Å². The normalized spacial score (nSPS) is 17.8. The van der Waals surface area contributed by atoms with E-state index >= 15 is 0 Å². The molecular formula is C25H29NO6. The fourth-order valence-corrected chi connectivity index (χ4v) is 3.66. The summed E-state index contributed by atoms with van der Waals surface area (Å²) in [5.74, 6) is -0.299. The minimum atomic E-state index is -0.733. The zero-order valence-electron chi connectivity index (χ0n) is 18.8. The number of carbonyl (C=O) groups excluding carboxylic acids is 2. The molecule has 0 spiro atoms. The van der Waals surface area contributed by atoms with E-state index in [1.54, 1.807) is 55.6 Å². The molecule has 32 heavy (non-hydrogen) atoms. The second-order valence-corrected chi connectivity index (χ2v) is 7.64. The Bertz CT molecular complexity index is 978. The molecule has 1 aliphatic heterocycles. The molecule has 0 radical (unpaired) electrons. The van der Waals surface area contributed by atoms with E-state index in [-0.39, 0.29) is 30.6 Å². The lowest BCUT2D eigenvalue weighted by Crippen LogP contribution is -2.33. The molecule has 0 saturated carbocycles. The number of hydrogen-bond acceptors (Lipinski definition) is 6. The third kappa shape index (κ3) is 4.94. The highest BCUT2D eigenvalue weighted by Crippen LogP contribution is 2.39. The number of nitrogens with zero attached hydrogens (tertiary/aromatic N) is 1. The summed E-state index contributed by atoms with van der Waals surface area (Å²) >= 11 is 0. The van der Waals surface area contributed by atoms with E-state index < -0.39 is 17.7 Å². The van der Waals surface area contributed by atoms with Crippen molar-refractivity contribution in [3.8, 4) is 11.5 Å². The van der Waals surface area contributed by atoms with E-state index in [2.05, 4.69) is 0 Å². The molecule has 0 bridgehead atoms. The van der Waals surface area contributed by atoms with Gasteiger partial charge in [0, 0.05) is 12.1 Å². The van der Waals surface area contributed by atoms with Crippen molar-refractivity contribution in [2.24, 2.45) is 0 Å². The fourth-order valence-electron chi connectivity index (χ4n) is 3.66. The number of ether oxygens (including phenoxy) is 3. The molecule has 1 unspecified atom stereocenters. The molecule has 2 aromatic rings. The van der Waals surface area contributed by atoms with Gasteiger partial charge in [0.25, 0.3) is 11.7 Å². The van der Waals surface area contributed by atoms with Crippen LogP contribution in [0.5, 0.6) is 11.5 Å². The van der Waals surface area contributed by atoms with Crippen LogP contribution in [0.1, 0.15) is 37.9 Å². The lowest BCUT2D eigenvalue weighted by molar-refractivity contribution is -0.140. The van der Waals surface area contributed by atoms with E-state index in [0.29, 0.717) is 29.2 Å². The summed E-state index contributed by atoms with van der Waals surface area (Å²) in [6.45, 7) is 6.73. The van der Waals surface area contributed by atoms with Crippen LogP contribution in [0.25, 0.3) is 5.76 Å². The van der Waals surface area contributed by atoms with Crippen LogP contribution in [0.4, 0.5) is 0 Å². The van der Waals surface area contributed by atoms with Gasteiger partial charge in [-0.3, -0.25) is 9.59 Å². The highest BCUT2D eigenvalue weighted by molar-refractivity contribution is 6.46. The fraction of sp³-hybridized carbons (Fsp3) is 0.360. The lowest BCUT2D eigenvalue weighted by Gasteiger charge is -2.25. The SMILES string of the molecule is CCOc1ccc(C2/C(=C(/O)c3ccc(OC)cc3)C(=O)C(=O)N2CCOC(C)C)cc1. The Morgan fingerprint density at radius 2 is 1.66 bits per heavy atom. The number of carbonyl (C=O) groups is 2. The van der Waals surface area contributed by atoms with Crippen molar-refractivity contribution in [3.63, 3.8) is 0 Å². The summed E-state index contributed by atoms with van der Waals surface area (Å²) in [4.78, 5) is 27.4. The highest BCUT2D eigenvalue weighted by atomic mass is 16.5. The Morgan fingerprint density at radius 1 is 1.03 bits per heavy atom. The van der Waals surface area contributed by atoms with Crippen molar-refractivity contribution in [1.82, 2.24) is 4.90 Å². The average Bonchev–Trinajstić information content (AvgIpc) is 3.04. The van der Waals surface area contributed by atoms with Crippen LogP contribution in [0.2, 0.25) is 0 Å². The number of hydrogen-bond donors (Lipinski definition) is 1. The standard InChI is InChI=1S/C25H29NO6/c1-5-31-20-12-6-17(7-13-20)22-21(23(27)18-8-10-19(30-4)11-9-18)24(28)25(29)26(22)14-15-32-16(2)3/h6-13,16,22,27H,5,14-15H2,1-4H3/b23-21-. The number of likely N-dealkylation sites (tertiary alicyclic amines) is 1. The number of aliphatic hydroxyl groups excluding tert-OH is 1. The molecule has 1 aliphatic rings. The number of rotatable bonds is 9. The van der Waals surface area contributed by atoms with Gasteiger partial charge in [-0.1, -0.05) is 12.1 Å². The van der Waals surface area contributed by atoms with Crippen LogP contribution in [0.3, 0.4) is 0 Å². The Labute approximate surface area is 188 Å². The van der Waals surface area contributed by atoms with E-state index in [1.807, 2.05) is 20.8 Å². The van der Waals surface area contributed by atoms with Crippen LogP contribution in [-0.4, -0.2) is 54.7 Å². The maximum Gasteiger partial charge on any atom is 0.295 e. The number of Topliss-reactive ketones (excluding diaryl/α,β-unsaturated/α-hetero) is 1. The molecule has 2 aromatic carbocycles.